The molecule has 0 bridgehead atoms. The number of esters is 2. The number of carbonyl (C=O) groups excluding carboxylic acids is 2. The summed E-state index contributed by atoms with van der Waals surface area (Å²) in [5, 5.41) is 10.8. The lowest BCUT2D eigenvalue weighted by Gasteiger charge is -2.31. The van der Waals surface area contributed by atoms with Gasteiger partial charge in [-0.1, -0.05) is 18.2 Å². The van der Waals surface area contributed by atoms with Crippen LogP contribution in [0.4, 0.5) is 8.78 Å². The second-order valence-electron chi connectivity index (χ2n) is 12.3. The van der Waals surface area contributed by atoms with Crippen molar-refractivity contribution in [1.29, 1.82) is 0 Å². The fraction of sp³-hybridized carbons (Fsp3) is 0.441. The summed E-state index contributed by atoms with van der Waals surface area (Å²) < 4.78 is 46.5. The molecule has 3 rings (SSSR count). The molecule has 1 heterocycles. The van der Waals surface area contributed by atoms with Crippen molar-refractivity contribution in [1.82, 2.24) is 9.88 Å². The summed E-state index contributed by atoms with van der Waals surface area (Å²) >= 11 is 0. The van der Waals surface area contributed by atoms with Gasteiger partial charge in [-0.15, -0.1) is 0 Å². The van der Waals surface area contributed by atoms with Crippen LogP contribution in [0.2, 0.25) is 0 Å². The van der Waals surface area contributed by atoms with Crippen LogP contribution in [0.15, 0.2) is 48.7 Å². The van der Waals surface area contributed by atoms with Crippen LogP contribution in [0.1, 0.15) is 83.0 Å². The van der Waals surface area contributed by atoms with Gasteiger partial charge >= 0.3 is 11.9 Å². The first-order chi connectivity index (χ1) is 20.5. The van der Waals surface area contributed by atoms with Crippen LogP contribution in [0, 0.1) is 17.6 Å². The predicted molar refractivity (Wildman–Crippen MR) is 163 cm³/mol. The number of aromatic nitrogens is 1. The molecule has 3 aromatic rings. The molecule has 2 atom stereocenters. The summed E-state index contributed by atoms with van der Waals surface area (Å²) in [6.07, 6.45) is -0.462. The maximum Gasteiger partial charge on any atom is 0.343 e. The first-order valence-electron chi connectivity index (χ1n) is 14.5. The topological polar surface area (TPSA) is 98.2 Å². The summed E-state index contributed by atoms with van der Waals surface area (Å²) in [4.78, 5) is 31.9. The number of pyridine rings is 1. The molecular formula is C34H42F2N2O6. The molecule has 0 fully saturated rings. The second kappa shape index (κ2) is 14.3. The molecule has 44 heavy (non-hydrogen) atoms. The molecule has 0 radical (unpaired) electrons. The molecule has 0 unspecified atom stereocenters. The van der Waals surface area contributed by atoms with Crippen LogP contribution in [0.5, 0.6) is 11.6 Å². The molecule has 0 saturated carbocycles. The molecular weight excluding hydrogens is 570 g/mol. The predicted octanol–water partition coefficient (Wildman–Crippen LogP) is 6.88. The van der Waals surface area contributed by atoms with Crippen LogP contribution >= 0.6 is 0 Å². The Balaban J connectivity index is 1.98. The largest absolute Gasteiger partial charge is 0.481 e. The van der Waals surface area contributed by atoms with Crippen LogP contribution < -0.4 is 9.47 Å². The van der Waals surface area contributed by atoms with E-state index in [0.717, 1.165) is 6.20 Å². The molecule has 1 N–H and O–H groups in total. The van der Waals surface area contributed by atoms with Crippen molar-refractivity contribution in [2.24, 2.45) is 5.92 Å². The zero-order valence-corrected chi connectivity index (χ0v) is 26.8. The summed E-state index contributed by atoms with van der Waals surface area (Å²) in [6, 6.07) is 10.5. The van der Waals surface area contributed by atoms with Gasteiger partial charge in [-0.25, -0.2) is 18.6 Å². The Bertz CT molecular complexity index is 1480. The van der Waals surface area contributed by atoms with E-state index in [1.807, 2.05) is 27.7 Å². The Kier molecular flexibility index (Phi) is 11.2. The molecule has 0 amide bonds. The fourth-order valence-corrected chi connectivity index (χ4v) is 4.80. The van der Waals surface area contributed by atoms with Gasteiger partial charge in [-0.05, 0) is 84.7 Å². The minimum atomic E-state index is -1.54. The Morgan fingerprint density at radius 1 is 0.977 bits per heavy atom. The van der Waals surface area contributed by atoms with Gasteiger partial charge in [0.15, 0.2) is 11.6 Å². The Hall–Kier alpha value is -3.89. The molecule has 8 nitrogen and oxygen atoms in total. The van der Waals surface area contributed by atoms with Crippen molar-refractivity contribution in [2.75, 3.05) is 7.11 Å². The number of ether oxygens (including phenoxy) is 3. The lowest BCUT2D eigenvalue weighted by atomic mass is 9.96. The first kappa shape index (κ1) is 34.6. The number of aliphatic hydroxyl groups is 1. The maximum atomic E-state index is 15.5. The lowest BCUT2D eigenvalue weighted by Crippen LogP contribution is -2.36. The molecule has 10 heteroatoms. The molecule has 238 valence electrons. The zero-order chi connectivity index (χ0) is 32.9. The first-order valence-corrected chi connectivity index (χ1v) is 14.5. The third-order valence-corrected chi connectivity index (χ3v) is 7.12. The Morgan fingerprint density at radius 3 is 2.23 bits per heavy atom. The summed E-state index contributed by atoms with van der Waals surface area (Å²) in [5.74, 6) is -4.33. The van der Waals surface area contributed by atoms with E-state index < -0.39 is 46.9 Å². The highest BCUT2D eigenvalue weighted by atomic mass is 19.1. The number of halogens is 2. The van der Waals surface area contributed by atoms with Gasteiger partial charge in [0, 0.05) is 35.8 Å². The minimum absolute atomic E-state index is 0.116. The van der Waals surface area contributed by atoms with E-state index in [0.29, 0.717) is 17.7 Å². The number of methoxy groups -OCH3 is 1. The van der Waals surface area contributed by atoms with Crippen LogP contribution in [-0.2, 0) is 16.1 Å². The third kappa shape index (κ3) is 8.39. The van der Waals surface area contributed by atoms with Crippen LogP contribution in [0.3, 0.4) is 0 Å². The average Bonchev–Trinajstić information content (AvgIpc) is 2.95. The number of nitrogens with zero attached hydrogens (tertiary/aromatic N) is 2. The SMILES string of the molecule is COc1cc(-c2ccc(C(=O)Oc3cccc([C@H](O)[C@H](C)C(=O)OC(C)(C)C)c3F)cc2CN(C(C)C)C(C)C)c(F)cn1. The summed E-state index contributed by atoms with van der Waals surface area (Å²) in [7, 11) is 1.44. The highest BCUT2D eigenvalue weighted by Gasteiger charge is 2.31. The van der Waals surface area contributed by atoms with Gasteiger partial charge in [0.2, 0.25) is 5.88 Å². The van der Waals surface area contributed by atoms with E-state index in [-0.39, 0.29) is 34.7 Å². The number of hydrogen-bond acceptors (Lipinski definition) is 8. The van der Waals surface area contributed by atoms with E-state index >= 15 is 4.39 Å². The molecule has 0 spiro atoms. The van der Waals surface area contributed by atoms with E-state index in [2.05, 4.69) is 9.88 Å². The van der Waals surface area contributed by atoms with Crippen LogP contribution in [0.25, 0.3) is 11.1 Å². The number of hydrogen-bond donors (Lipinski definition) is 1. The maximum absolute atomic E-state index is 15.5. The standard InChI is InChI=1S/C34H42F2N2O6/c1-19(2)38(20(3)4)18-23-15-22(13-14-24(23)26-16-29(42-9)37-17-27(26)35)33(41)43-28-12-10-11-25(30(28)36)31(39)21(5)32(40)44-34(6,7)8/h10-17,19-21,31,39H,18H2,1-9H3/t21-,31+/m0/s1. The third-order valence-electron chi connectivity index (χ3n) is 7.12. The number of carbonyl (C=O) groups is 2. The van der Waals surface area contributed by atoms with E-state index in [1.165, 1.54) is 44.4 Å². The van der Waals surface area contributed by atoms with E-state index in [1.54, 1.807) is 32.9 Å². The molecule has 0 aliphatic rings. The Morgan fingerprint density at radius 2 is 1.64 bits per heavy atom. The molecule has 1 aromatic heterocycles. The molecule has 0 aliphatic carbocycles. The molecule has 2 aromatic carbocycles. The number of benzene rings is 2. The van der Waals surface area contributed by atoms with Gasteiger partial charge in [0.25, 0.3) is 0 Å². The zero-order valence-electron chi connectivity index (χ0n) is 26.8. The van der Waals surface area contributed by atoms with E-state index in [4.69, 9.17) is 14.2 Å². The fourth-order valence-electron chi connectivity index (χ4n) is 4.80. The van der Waals surface area contributed by atoms with Gasteiger partial charge < -0.3 is 19.3 Å². The smallest absolute Gasteiger partial charge is 0.343 e. The van der Waals surface area contributed by atoms with Gasteiger partial charge in [-0.2, -0.15) is 0 Å². The van der Waals surface area contributed by atoms with Crippen molar-refractivity contribution in [2.45, 2.75) is 85.7 Å². The van der Waals surface area contributed by atoms with Crippen molar-refractivity contribution in [3.8, 4) is 22.8 Å². The normalized spacial score (nSPS) is 13.2. The summed E-state index contributed by atoms with van der Waals surface area (Å²) in [6.45, 7) is 15.1. The van der Waals surface area contributed by atoms with Crippen molar-refractivity contribution in [3.63, 3.8) is 0 Å². The quantitative estimate of drug-likeness (QED) is 0.185. The van der Waals surface area contributed by atoms with Crippen molar-refractivity contribution >= 4 is 11.9 Å². The molecule has 0 saturated heterocycles. The van der Waals surface area contributed by atoms with Crippen molar-refractivity contribution in [3.05, 3.63) is 77.0 Å². The van der Waals surface area contributed by atoms with Crippen LogP contribution in [-0.4, -0.2) is 51.7 Å². The average molecular weight is 613 g/mol. The highest BCUT2D eigenvalue weighted by molar-refractivity contribution is 5.92. The monoisotopic (exact) mass is 612 g/mol. The van der Waals surface area contributed by atoms with Crippen molar-refractivity contribution < 1.29 is 37.7 Å². The number of aliphatic hydroxyl groups excluding tert-OH is 1. The van der Waals surface area contributed by atoms with Gasteiger partial charge in [-0.3, -0.25) is 9.69 Å². The highest BCUT2D eigenvalue weighted by Crippen LogP contribution is 2.33. The van der Waals surface area contributed by atoms with E-state index in [9.17, 15) is 19.1 Å². The second-order valence-corrected chi connectivity index (χ2v) is 12.3. The lowest BCUT2D eigenvalue weighted by molar-refractivity contribution is -0.163. The van der Waals surface area contributed by atoms with Gasteiger partial charge in [0.05, 0.1) is 30.9 Å². The summed E-state index contributed by atoms with van der Waals surface area (Å²) in [5.41, 5.74) is 0.558. The Labute approximate surface area is 258 Å². The number of rotatable bonds is 11. The van der Waals surface area contributed by atoms with Gasteiger partial charge in [0.1, 0.15) is 11.4 Å². The minimum Gasteiger partial charge on any atom is -0.481 e. The molecule has 0 aliphatic heterocycles.